The molecule has 0 aliphatic rings. The van der Waals surface area contributed by atoms with Crippen LogP contribution < -0.4 is 15.4 Å². The molecule has 2 N–H and O–H groups in total. The molecule has 0 atom stereocenters. The summed E-state index contributed by atoms with van der Waals surface area (Å²) < 4.78 is 18.1. The number of carbonyl (C=O) groups is 1. The molecule has 0 aliphatic carbocycles. The van der Waals surface area contributed by atoms with Crippen LogP contribution in [0.25, 0.3) is 0 Å². The van der Waals surface area contributed by atoms with Crippen molar-refractivity contribution < 1.29 is 13.9 Å². The van der Waals surface area contributed by atoms with Crippen molar-refractivity contribution in [1.29, 1.82) is 0 Å². The van der Waals surface area contributed by atoms with Crippen LogP contribution in [0.4, 0.5) is 9.18 Å². The van der Waals surface area contributed by atoms with E-state index >= 15 is 0 Å². The summed E-state index contributed by atoms with van der Waals surface area (Å²) in [6, 6.07) is 8.02. The van der Waals surface area contributed by atoms with Gasteiger partial charge in [0, 0.05) is 25.4 Å². The van der Waals surface area contributed by atoms with Gasteiger partial charge in [0.1, 0.15) is 5.82 Å². The molecule has 0 aliphatic heterocycles. The predicted octanol–water partition coefficient (Wildman–Crippen LogP) is 2.54. The maximum atomic E-state index is 13.1. The van der Waals surface area contributed by atoms with Gasteiger partial charge in [0.25, 0.3) is 0 Å². The summed E-state index contributed by atoms with van der Waals surface area (Å²) in [5.41, 5.74) is 2.28. The Morgan fingerprint density at radius 3 is 2.45 bits per heavy atom. The second kappa shape index (κ2) is 7.40. The Labute approximate surface area is 128 Å². The number of nitrogens with one attached hydrogen (secondary N) is 2. The zero-order valence-electron chi connectivity index (χ0n) is 12.5. The summed E-state index contributed by atoms with van der Waals surface area (Å²) in [5.74, 6) is 0.278. The van der Waals surface area contributed by atoms with Gasteiger partial charge >= 0.3 is 6.03 Å². The quantitative estimate of drug-likeness (QED) is 0.892. The first-order chi connectivity index (χ1) is 10.6. The number of nitrogens with zero attached hydrogens (tertiary/aromatic N) is 1. The molecule has 2 aromatic rings. The number of urea groups is 1. The third-order valence-electron chi connectivity index (χ3n) is 3.14. The fraction of sp³-hybridized carbons (Fsp3) is 0.250. The second-order valence-corrected chi connectivity index (χ2v) is 4.83. The van der Waals surface area contributed by atoms with E-state index in [2.05, 4.69) is 15.6 Å². The van der Waals surface area contributed by atoms with E-state index in [0.717, 1.165) is 11.1 Å². The smallest absolute Gasteiger partial charge is 0.315 e. The van der Waals surface area contributed by atoms with Gasteiger partial charge in [0.05, 0.1) is 7.11 Å². The highest BCUT2D eigenvalue weighted by Gasteiger charge is 2.03. The second-order valence-electron chi connectivity index (χ2n) is 4.83. The number of halogens is 1. The average molecular weight is 303 g/mol. The number of carbonyl (C=O) groups excluding carboxylic acids is 1. The Kier molecular flexibility index (Phi) is 5.30. The largest absolute Gasteiger partial charge is 0.481 e. The Morgan fingerprint density at radius 2 is 1.86 bits per heavy atom. The van der Waals surface area contributed by atoms with E-state index < -0.39 is 0 Å². The molecule has 2 amide bonds. The molecule has 1 heterocycles. The van der Waals surface area contributed by atoms with Crippen molar-refractivity contribution in [2.75, 3.05) is 7.11 Å². The Morgan fingerprint density at radius 1 is 1.18 bits per heavy atom. The average Bonchev–Trinajstić information content (AvgIpc) is 2.54. The van der Waals surface area contributed by atoms with Crippen LogP contribution in [0.5, 0.6) is 5.88 Å². The molecule has 22 heavy (non-hydrogen) atoms. The third kappa shape index (κ3) is 4.44. The van der Waals surface area contributed by atoms with Gasteiger partial charge in [0.15, 0.2) is 0 Å². The molecule has 0 fully saturated rings. The third-order valence-corrected chi connectivity index (χ3v) is 3.14. The van der Waals surface area contributed by atoms with Crippen LogP contribution in [0.15, 0.2) is 36.5 Å². The monoisotopic (exact) mass is 303 g/mol. The highest BCUT2D eigenvalue weighted by atomic mass is 19.1. The molecular formula is C16H18FN3O2. The van der Waals surface area contributed by atoms with Crippen LogP contribution in [0.1, 0.15) is 16.7 Å². The molecule has 0 saturated carbocycles. The number of benzene rings is 1. The highest BCUT2D eigenvalue weighted by Crippen LogP contribution is 2.09. The Bertz CT molecular complexity index is 644. The van der Waals surface area contributed by atoms with Gasteiger partial charge in [0.2, 0.25) is 5.88 Å². The van der Waals surface area contributed by atoms with Crippen LogP contribution in [0.3, 0.4) is 0 Å². The summed E-state index contributed by atoms with van der Waals surface area (Å²) in [7, 11) is 1.55. The number of hydrogen-bond donors (Lipinski definition) is 2. The lowest BCUT2D eigenvalue weighted by Crippen LogP contribution is -2.34. The minimum absolute atomic E-state index is 0.250. The number of aryl methyl sites for hydroxylation is 1. The molecule has 1 aromatic carbocycles. The zero-order valence-corrected chi connectivity index (χ0v) is 12.5. The van der Waals surface area contributed by atoms with E-state index in [0.29, 0.717) is 24.5 Å². The standard InChI is InChI=1S/C16H18FN3O2/c1-11-7-12(3-5-14(11)17)8-19-16(21)20-10-13-4-6-15(22-2)18-9-13/h3-7,9H,8,10H2,1-2H3,(H2,19,20,21). The summed E-state index contributed by atoms with van der Waals surface area (Å²) in [5, 5.41) is 5.45. The maximum Gasteiger partial charge on any atom is 0.315 e. The first kappa shape index (κ1) is 15.8. The van der Waals surface area contributed by atoms with Gasteiger partial charge in [-0.05, 0) is 29.7 Å². The summed E-state index contributed by atoms with van der Waals surface area (Å²) in [6.45, 7) is 2.40. The van der Waals surface area contributed by atoms with E-state index in [-0.39, 0.29) is 11.8 Å². The van der Waals surface area contributed by atoms with E-state index in [4.69, 9.17) is 4.74 Å². The number of aromatic nitrogens is 1. The summed E-state index contributed by atoms with van der Waals surface area (Å²) in [4.78, 5) is 15.8. The molecule has 1 aromatic heterocycles. The van der Waals surface area contributed by atoms with Gasteiger partial charge in [-0.2, -0.15) is 0 Å². The first-order valence-electron chi connectivity index (χ1n) is 6.84. The van der Waals surface area contributed by atoms with Gasteiger partial charge in [-0.15, -0.1) is 0 Å². The number of pyridine rings is 1. The summed E-state index contributed by atoms with van der Waals surface area (Å²) >= 11 is 0. The molecule has 0 bridgehead atoms. The number of amides is 2. The number of rotatable bonds is 5. The van der Waals surface area contributed by atoms with E-state index in [1.165, 1.54) is 6.07 Å². The zero-order chi connectivity index (χ0) is 15.9. The van der Waals surface area contributed by atoms with Crippen LogP contribution in [-0.4, -0.2) is 18.1 Å². The highest BCUT2D eigenvalue weighted by molar-refractivity contribution is 5.73. The molecular weight excluding hydrogens is 285 g/mol. The Balaban J connectivity index is 1.78. The minimum atomic E-state index is -0.294. The normalized spacial score (nSPS) is 10.1. The van der Waals surface area contributed by atoms with Gasteiger partial charge in [-0.25, -0.2) is 14.2 Å². The molecule has 2 rings (SSSR count). The number of ether oxygens (including phenoxy) is 1. The lowest BCUT2D eigenvalue weighted by molar-refractivity contribution is 0.240. The number of methoxy groups -OCH3 is 1. The van der Waals surface area contributed by atoms with Crippen molar-refractivity contribution in [3.63, 3.8) is 0 Å². The van der Waals surface area contributed by atoms with Crippen molar-refractivity contribution >= 4 is 6.03 Å². The fourth-order valence-corrected chi connectivity index (χ4v) is 1.88. The SMILES string of the molecule is COc1ccc(CNC(=O)NCc2ccc(F)c(C)c2)cn1. The Hall–Kier alpha value is -2.63. The minimum Gasteiger partial charge on any atom is -0.481 e. The lowest BCUT2D eigenvalue weighted by atomic mass is 10.1. The van der Waals surface area contributed by atoms with Crippen LogP contribution in [-0.2, 0) is 13.1 Å². The molecule has 0 spiro atoms. The number of hydrogen-bond acceptors (Lipinski definition) is 3. The first-order valence-corrected chi connectivity index (χ1v) is 6.84. The fourth-order valence-electron chi connectivity index (χ4n) is 1.88. The van der Waals surface area contributed by atoms with Crippen molar-refractivity contribution in [1.82, 2.24) is 15.6 Å². The molecule has 116 valence electrons. The molecule has 0 radical (unpaired) electrons. The van der Waals surface area contributed by atoms with Crippen molar-refractivity contribution in [2.24, 2.45) is 0 Å². The van der Waals surface area contributed by atoms with Gasteiger partial charge in [-0.1, -0.05) is 18.2 Å². The van der Waals surface area contributed by atoms with E-state index in [9.17, 15) is 9.18 Å². The molecule has 0 saturated heterocycles. The van der Waals surface area contributed by atoms with Crippen LogP contribution >= 0.6 is 0 Å². The lowest BCUT2D eigenvalue weighted by Gasteiger charge is -2.09. The van der Waals surface area contributed by atoms with Crippen LogP contribution in [0, 0.1) is 12.7 Å². The maximum absolute atomic E-state index is 13.1. The van der Waals surface area contributed by atoms with Crippen LogP contribution in [0.2, 0.25) is 0 Å². The van der Waals surface area contributed by atoms with E-state index in [1.807, 2.05) is 6.07 Å². The molecule has 0 unspecified atom stereocenters. The molecule has 6 heteroatoms. The predicted molar refractivity (Wildman–Crippen MR) is 81.0 cm³/mol. The topological polar surface area (TPSA) is 63.2 Å². The van der Waals surface area contributed by atoms with E-state index in [1.54, 1.807) is 38.4 Å². The molecule has 5 nitrogen and oxygen atoms in total. The van der Waals surface area contributed by atoms with Crippen molar-refractivity contribution in [3.8, 4) is 5.88 Å². The van der Waals surface area contributed by atoms with Gasteiger partial charge < -0.3 is 15.4 Å². The summed E-state index contributed by atoms with van der Waals surface area (Å²) in [6.07, 6.45) is 1.64. The van der Waals surface area contributed by atoms with Crippen molar-refractivity contribution in [2.45, 2.75) is 20.0 Å². The van der Waals surface area contributed by atoms with Gasteiger partial charge in [-0.3, -0.25) is 0 Å². The van der Waals surface area contributed by atoms with Crippen molar-refractivity contribution in [3.05, 3.63) is 59.0 Å².